The number of hydrogen-bond acceptors (Lipinski definition) is 5. The van der Waals surface area contributed by atoms with Crippen LogP contribution < -0.4 is 19.5 Å². The number of ether oxygens (including phenoxy) is 3. The van der Waals surface area contributed by atoms with Crippen LogP contribution in [0.15, 0.2) is 53.7 Å². The van der Waals surface area contributed by atoms with Gasteiger partial charge in [0.25, 0.3) is 0 Å². The maximum Gasteiger partial charge on any atom is 0.225 e. The van der Waals surface area contributed by atoms with Crippen molar-refractivity contribution >= 4 is 11.7 Å². The molecule has 31 heavy (non-hydrogen) atoms. The van der Waals surface area contributed by atoms with Crippen LogP contribution in [0.2, 0.25) is 0 Å². The fourth-order valence-electron chi connectivity index (χ4n) is 4.65. The minimum absolute atomic E-state index is 0.0215. The van der Waals surface area contributed by atoms with Crippen LogP contribution >= 0.6 is 0 Å². The van der Waals surface area contributed by atoms with Gasteiger partial charge < -0.3 is 19.5 Å². The number of amides is 1. The van der Waals surface area contributed by atoms with Gasteiger partial charge in [0.15, 0.2) is 17.3 Å². The van der Waals surface area contributed by atoms with Crippen molar-refractivity contribution in [2.24, 2.45) is 0 Å². The lowest BCUT2D eigenvalue weighted by atomic mass is 9.73. The summed E-state index contributed by atoms with van der Waals surface area (Å²) < 4.78 is 16.5. The third kappa shape index (κ3) is 4.02. The predicted octanol–water partition coefficient (Wildman–Crippen LogP) is 4.11. The molecule has 0 spiro atoms. The SMILES string of the molecule is CCOc1ccc(C2CC(=O)C3=C(C2)NC(=O)CC3c2cccc(OC)c2OC)cc1. The van der Waals surface area contributed by atoms with E-state index >= 15 is 0 Å². The van der Waals surface area contributed by atoms with Crippen LogP contribution in [0.3, 0.4) is 0 Å². The number of carbonyl (C=O) groups is 2. The highest BCUT2D eigenvalue weighted by Gasteiger charge is 2.39. The van der Waals surface area contributed by atoms with Gasteiger partial charge in [0, 0.05) is 35.6 Å². The first kappa shape index (κ1) is 21.0. The van der Waals surface area contributed by atoms with Crippen molar-refractivity contribution in [3.8, 4) is 17.2 Å². The van der Waals surface area contributed by atoms with Crippen molar-refractivity contribution in [2.45, 2.75) is 38.0 Å². The molecule has 1 aliphatic carbocycles. The van der Waals surface area contributed by atoms with E-state index in [4.69, 9.17) is 14.2 Å². The molecule has 0 bridgehead atoms. The third-order valence-electron chi connectivity index (χ3n) is 6.01. The van der Waals surface area contributed by atoms with E-state index < -0.39 is 0 Å². The fourth-order valence-corrected chi connectivity index (χ4v) is 4.65. The maximum atomic E-state index is 13.3. The summed E-state index contributed by atoms with van der Waals surface area (Å²) >= 11 is 0. The second-order valence-corrected chi connectivity index (χ2v) is 7.81. The number of carbonyl (C=O) groups excluding carboxylic acids is 2. The first-order valence-corrected chi connectivity index (χ1v) is 10.5. The van der Waals surface area contributed by atoms with Gasteiger partial charge in [-0.15, -0.1) is 0 Å². The van der Waals surface area contributed by atoms with E-state index in [0.29, 0.717) is 36.5 Å². The minimum atomic E-state index is -0.345. The first-order valence-electron chi connectivity index (χ1n) is 10.5. The zero-order valence-electron chi connectivity index (χ0n) is 18.1. The van der Waals surface area contributed by atoms with Crippen LogP contribution in [0.4, 0.5) is 0 Å². The van der Waals surface area contributed by atoms with Gasteiger partial charge in [-0.1, -0.05) is 24.3 Å². The van der Waals surface area contributed by atoms with E-state index in [1.807, 2.05) is 49.4 Å². The summed E-state index contributed by atoms with van der Waals surface area (Å²) in [4.78, 5) is 25.9. The van der Waals surface area contributed by atoms with Gasteiger partial charge in [-0.2, -0.15) is 0 Å². The predicted molar refractivity (Wildman–Crippen MR) is 117 cm³/mol. The first-order chi connectivity index (χ1) is 15.0. The smallest absolute Gasteiger partial charge is 0.225 e. The van der Waals surface area contributed by atoms with Gasteiger partial charge in [-0.3, -0.25) is 9.59 Å². The number of methoxy groups -OCH3 is 2. The number of allylic oxidation sites excluding steroid dienone is 2. The Hall–Kier alpha value is -3.28. The molecule has 6 nitrogen and oxygen atoms in total. The highest BCUT2D eigenvalue weighted by atomic mass is 16.5. The highest BCUT2D eigenvalue weighted by molar-refractivity contribution is 6.02. The van der Waals surface area contributed by atoms with Gasteiger partial charge in [0.05, 0.1) is 20.8 Å². The molecule has 1 amide bonds. The average molecular weight is 421 g/mol. The molecule has 2 atom stereocenters. The zero-order chi connectivity index (χ0) is 22.0. The Kier molecular flexibility index (Phi) is 5.98. The summed E-state index contributed by atoms with van der Waals surface area (Å²) in [5.41, 5.74) is 3.28. The van der Waals surface area contributed by atoms with Crippen LogP contribution in [0.25, 0.3) is 0 Å². The van der Waals surface area contributed by atoms with E-state index in [1.165, 1.54) is 0 Å². The lowest BCUT2D eigenvalue weighted by molar-refractivity contribution is -0.122. The second kappa shape index (κ2) is 8.84. The normalized spacial score (nSPS) is 20.7. The standard InChI is InChI=1S/C25H27NO5/c1-4-31-17-10-8-15(9-11-17)16-12-20-24(21(27)13-16)19(14-23(28)26-20)18-6-5-7-22(29-2)25(18)30-3/h5-11,16,19H,4,12-14H2,1-3H3,(H,26,28). The number of rotatable bonds is 6. The Morgan fingerprint density at radius 2 is 1.74 bits per heavy atom. The van der Waals surface area contributed by atoms with Gasteiger partial charge >= 0.3 is 0 Å². The molecule has 2 aromatic carbocycles. The number of benzene rings is 2. The van der Waals surface area contributed by atoms with E-state index in [0.717, 1.165) is 22.6 Å². The van der Waals surface area contributed by atoms with Crippen molar-refractivity contribution in [2.75, 3.05) is 20.8 Å². The van der Waals surface area contributed by atoms with E-state index in [-0.39, 0.29) is 29.9 Å². The summed E-state index contributed by atoms with van der Waals surface area (Å²) in [7, 11) is 3.15. The monoisotopic (exact) mass is 421 g/mol. The van der Waals surface area contributed by atoms with Crippen LogP contribution in [-0.4, -0.2) is 32.5 Å². The summed E-state index contributed by atoms with van der Waals surface area (Å²) in [5.74, 6) is 1.62. The van der Waals surface area contributed by atoms with Crippen molar-refractivity contribution in [3.63, 3.8) is 0 Å². The number of nitrogens with one attached hydrogen (secondary N) is 1. The molecule has 0 aromatic heterocycles. The lowest BCUT2D eigenvalue weighted by Gasteiger charge is -2.35. The molecule has 0 fully saturated rings. The highest BCUT2D eigenvalue weighted by Crippen LogP contribution is 2.46. The van der Waals surface area contributed by atoms with Gasteiger partial charge in [0.1, 0.15) is 5.75 Å². The van der Waals surface area contributed by atoms with Crippen molar-refractivity contribution < 1.29 is 23.8 Å². The van der Waals surface area contributed by atoms with E-state index in [9.17, 15) is 9.59 Å². The Labute approximate surface area is 182 Å². The van der Waals surface area contributed by atoms with Crippen LogP contribution in [0.1, 0.15) is 49.1 Å². The Bertz CT molecular complexity index is 1020. The molecule has 1 aliphatic heterocycles. The van der Waals surface area contributed by atoms with Gasteiger partial charge in [-0.05, 0) is 43.0 Å². The molecular weight excluding hydrogens is 394 g/mol. The molecule has 2 aromatic rings. The average Bonchev–Trinajstić information content (AvgIpc) is 2.78. The minimum Gasteiger partial charge on any atom is -0.494 e. The zero-order valence-corrected chi connectivity index (χ0v) is 18.1. The molecule has 1 N–H and O–H groups in total. The summed E-state index contributed by atoms with van der Waals surface area (Å²) in [6, 6.07) is 13.4. The second-order valence-electron chi connectivity index (χ2n) is 7.81. The Morgan fingerprint density at radius 1 is 0.968 bits per heavy atom. The number of Topliss-reactive ketones (excluding diaryl/α,β-unsaturated/α-hetero) is 1. The number of para-hydroxylation sites is 1. The summed E-state index contributed by atoms with van der Waals surface area (Å²) in [6.07, 6.45) is 1.23. The van der Waals surface area contributed by atoms with Gasteiger partial charge in [-0.25, -0.2) is 0 Å². The molecule has 162 valence electrons. The quantitative estimate of drug-likeness (QED) is 0.760. The van der Waals surface area contributed by atoms with Gasteiger partial charge in [0.2, 0.25) is 5.91 Å². The molecule has 0 saturated heterocycles. The molecule has 0 saturated carbocycles. The molecular formula is C25H27NO5. The van der Waals surface area contributed by atoms with Crippen LogP contribution in [-0.2, 0) is 9.59 Å². The Morgan fingerprint density at radius 3 is 2.42 bits per heavy atom. The molecule has 6 heteroatoms. The molecule has 2 unspecified atom stereocenters. The van der Waals surface area contributed by atoms with E-state index in [2.05, 4.69) is 5.32 Å². The van der Waals surface area contributed by atoms with Crippen LogP contribution in [0, 0.1) is 0 Å². The van der Waals surface area contributed by atoms with Crippen LogP contribution in [0.5, 0.6) is 17.2 Å². The Balaban J connectivity index is 1.69. The summed E-state index contributed by atoms with van der Waals surface area (Å²) in [6.45, 7) is 2.56. The summed E-state index contributed by atoms with van der Waals surface area (Å²) in [5, 5.41) is 2.97. The molecule has 4 rings (SSSR count). The van der Waals surface area contributed by atoms with Crippen molar-refractivity contribution in [1.82, 2.24) is 5.32 Å². The molecule has 2 aliphatic rings. The maximum absolute atomic E-state index is 13.3. The number of ketones is 1. The van der Waals surface area contributed by atoms with Crippen molar-refractivity contribution in [3.05, 3.63) is 64.9 Å². The lowest BCUT2D eigenvalue weighted by Crippen LogP contribution is -2.38. The fraction of sp³-hybridized carbons (Fsp3) is 0.360. The third-order valence-corrected chi connectivity index (χ3v) is 6.01. The topological polar surface area (TPSA) is 73.9 Å². The van der Waals surface area contributed by atoms with Crippen molar-refractivity contribution in [1.29, 1.82) is 0 Å². The molecule has 1 heterocycles. The number of hydrogen-bond donors (Lipinski definition) is 1. The molecule has 0 radical (unpaired) electrons. The van der Waals surface area contributed by atoms with E-state index in [1.54, 1.807) is 14.2 Å². The largest absolute Gasteiger partial charge is 0.494 e.